The zero-order chi connectivity index (χ0) is 25.5. The number of urea groups is 1. The van der Waals surface area contributed by atoms with Gasteiger partial charge in [0.15, 0.2) is 0 Å². The molecule has 3 heterocycles. The van der Waals surface area contributed by atoms with Crippen LogP contribution in [0.3, 0.4) is 0 Å². The summed E-state index contributed by atoms with van der Waals surface area (Å²) in [5.41, 5.74) is 0.556. The summed E-state index contributed by atoms with van der Waals surface area (Å²) in [5, 5.41) is 0. The third kappa shape index (κ3) is 4.97. The standard InChI is InChI=1S/C28H42N4O3/c1-20(2)32-26(35)29(6)25(34)28(32)12-14-30(15-13-28)17-22-18-31(24(33)16-27(3,4)5)19-23(22)21-10-8-7-9-11-21/h7-11,20,22-23H,12-19H2,1-6H3. The summed E-state index contributed by atoms with van der Waals surface area (Å²) in [6, 6.07) is 10.4. The number of carbonyl (C=O) groups is 3. The van der Waals surface area contributed by atoms with E-state index in [1.54, 1.807) is 7.05 Å². The van der Waals surface area contributed by atoms with Crippen LogP contribution in [0.2, 0.25) is 0 Å². The highest BCUT2D eigenvalue weighted by Crippen LogP contribution is 2.40. The first-order chi connectivity index (χ1) is 16.4. The molecule has 0 bridgehead atoms. The van der Waals surface area contributed by atoms with Gasteiger partial charge >= 0.3 is 6.03 Å². The molecule has 0 N–H and O–H groups in total. The Morgan fingerprint density at radius 1 is 1.06 bits per heavy atom. The summed E-state index contributed by atoms with van der Waals surface area (Å²) in [5.74, 6) is 0.839. The van der Waals surface area contributed by atoms with E-state index in [9.17, 15) is 14.4 Å². The van der Waals surface area contributed by atoms with Crippen molar-refractivity contribution < 1.29 is 14.4 Å². The van der Waals surface area contributed by atoms with E-state index in [2.05, 4.69) is 54.8 Å². The summed E-state index contributed by atoms with van der Waals surface area (Å²) < 4.78 is 0. The van der Waals surface area contributed by atoms with Crippen LogP contribution in [0.1, 0.15) is 65.4 Å². The third-order valence-corrected chi connectivity index (χ3v) is 8.05. The van der Waals surface area contributed by atoms with Gasteiger partial charge in [0.1, 0.15) is 5.54 Å². The smallest absolute Gasteiger partial charge is 0.327 e. The molecule has 4 amide bonds. The summed E-state index contributed by atoms with van der Waals surface area (Å²) in [4.78, 5) is 46.6. The van der Waals surface area contributed by atoms with E-state index in [-0.39, 0.29) is 29.3 Å². The molecule has 0 aliphatic carbocycles. The lowest BCUT2D eigenvalue weighted by Gasteiger charge is -2.44. The molecule has 4 rings (SSSR count). The Hall–Kier alpha value is -2.41. The molecule has 192 valence electrons. The van der Waals surface area contributed by atoms with E-state index in [1.165, 1.54) is 10.5 Å². The number of piperidine rings is 1. The highest BCUT2D eigenvalue weighted by Gasteiger charge is 2.57. The van der Waals surface area contributed by atoms with Gasteiger partial charge in [0, 0.05) is 58.2 Å². The lowest BCUT2D eigenvalue weighted by molar-refractivity contribution is -0.135. The summed E-state index contributed by atoms with van der Waals surface area (Å²) in [7, 11) is 1.60. The van der Waals surface area contributed by atoms with E-state index in [4.69, 9.17) is 0 Å². The van der Waals surface area contributed by atoms with Gasteiger partial charge in [-0.1, -0.05) is 51.1 Å². The first-order valence-electron chi connectivity index (χ1n) is 13.1. The fourth-order valence-electron chi connectivity index (χ4n) is 6.36. The van der Waals surface area contributed by atoms with Crippen molar-refractivity contribution in [3.8, 4) is 0 Å². The molecule has 35 heavy (non-hydrogen) atoms. The molecule has 2 atom stereocenters. The monoisotopic (exact) mass is 482 g/mol. The number of imide groups is 1. The average Bonchev–Trinajstić information content (AvgIpc) is 3.29. The van der Waals surface area contributed by atoms with Gasteiger partial charge in [-0.2, -0.15) is 0 Å². The number of amides is 4. The molecular formula is C28H42N4O3. The van der Waals surface area contributed by atoms with Crippen molar-refractivity contribution in [2.24, 2.45) is 11.3 Å². The molecule has 3 saturated heterocycles. The number of hydrogen-bond acceptors (Lipinski definition) is 4. The second-order valence-electron chi connectivity index (χ2n) is 12.3. The number of nitrogens with zero attached hydrogens (tertiary/aromatic N) is 4. The number of benzene rings is 1. The Kier molecular flexibility index (Phi) is 7.02. The molecule has 7 heteroatoms. The van der Waals surface area contributed by atoms with Crippen molar-refractivity contribution in [1.29, 1.82) is 0 Å². The molecule has 0 radical (unpaired) electrons. The van der Waals surface area contributed by atoms with Crippen LogP contribution in [-0.4, -0.2) is 88.8 Å². The van der Waals surface area contributed by atoms with Gasteiger partial charge in [0.25, 0.3) is 5.91 Å². The van der Waals surface area contributed by atoms with Crippen LogP contribution in [0.5, 0.6) is 0 Å². The Labute approximate surface area is 210 Å². The van der Waals surface area contributed by atoms with E-state index >= 15 is 0 Å². The van der Waals surface area contributed by atoms with Crippen molar-refractivity contribution in [1.82, 2.24) is 19.6 Å². The van der Waals surface area contributed by atoms with Crippen LogP contribution in [0, 0.1) is 11.3 Å². The SMILES string of the molecule is CC(C)N1C(=O)N(C)C(=O)C12CCN(CC1CN(C(=O)CC(C)(C)C)CC1c1ccccc1)CC2. The summed E-state index contributed by atoms with van der Waals surface area (Å²) in [6.07, 6.45) is 1.88. The third-order valence-electron chi connectivity index (χ3n) is 8.05. The minimum absolute atomic E-state index is 0.0115. The van der Waals surface area contributed by atoms with Crippen molar-refractivity contribution in [3.05, 3.63) is 35.9 Å². The van der Waals surface area contributed by atoms with E-state index in [1.807, 2.05) is 24.8 Å². The molecule has 1 spiro atoms. The first-order valence-corrected chi connectivity index (χ1v) is 13.1. The molecule has 0 saturated carbocycles. The van der Waals surface area contributed by atoms with Crippen LogP contribution in [-0.2, 0) is 9.59 Å². The van der Waals surface area contributed by atoms with E-state index in [0.717, 1.165) is 32.7 Å². The number of rotatable bonds is 5. The van der Waals surface area contributed by atoms with Crippen LogP contribution in [0.4, 0.5) is 4.79 Å². The number of carbonyl (C=O) groups excluding carboxylic acids is 3. The second kappa shape index (κ2) is 9.57. The minimum atomic E-state index is -0.709. The van der Waals surface area contributed by atoms with Gasteiger partial charge in [-0.05, 0) is 43.6 Å². The Balaban J connectivity index is 1.47. The van der Waals surface area contributed by atoms with Gasteiger partial charge in [-0.3, -0.25) is 14.5 Å². The van der Waals surface area contributed by atoms with Gasteiger partial charge in [0.2, 0.25) is 5.91 Å². The number of likely N-dealkylation sites (tertiary alicyclic amines) is 2. The molecule has 2 unspecified atom stereocenters. The Morgan fingerprint density at radius 3 is 2.26 bits per heavy atom. The maximum Gasteiger partial charge on any atom is 0.327 e. The number of hydrogen-bond donors (Lipinski definition) is 0. The van der Waals surface area contributed by atoms with Crippen LogP contribution >= 0.6 is 0 Å². The maximum atomic E-state index is 13.1. The minimum Gasteiger partial charge on any atom is -0.342 e. The van der Waals surface area contributed by atoms with Crippen LogP contribution < -0.4 is 0 Å². The van der Waals surface area contributed by atoms with E-state index in [0.29, 0.717) is 31.1 Å². The molecule has 3 aliphatic heterocycles. The highest BCUT2D eigenvalue weighted by atomic mass is 16.2. The Morgan fingerprint density at radius 2 is 1.69 bits per heavy atom. The van der Waals surface area contributed by atoms with Crippen molar-refractivity contribution in [2.75, 3.05) is 39.8 Å². The van der Waals surface area contributed by atoms with Gasteiger partial charge in [0.05, 0.1) is 0 Å². The van der Waals surface area contributed by atoms with Gasteiger partial charge < -0.3 is 14.7 Å². The fourth-order valence-corrected chi connectivity index (χ4v) is 6.36. The quantitative estimate of drug-likeness (QED) is 0.599. The molecule has 3 aliphatic rings. The zero-order valence-corrected chi connectivity index (χ0v) is 22.3. The van der Waals surface area contributed by atoms with Crippen LogP contribution in [0.25, 0.3) is 0 Å². The molecule has 0 aromatic heterocycles. The first kappa shape index (κ1) is 25.7. The molecule has 7 nitrogen and oxygen atoms in total. The highest BCUT2D eigenvalue weighted by molar-refractivity contribution is 6.07. The lowest BCUT2D eigenvalue weighted by Crippen LogP contribution is -2.58. The second-order valence-corrected chi connectivity index (χ2v) is 12.3. The van der Waals surface area contributed by atoms with Crippen molar-refractivity contribution >= 4 is 17.8 Å². The predicted octanol–water partition coefficient (Wildman–Crippen LogP) is 3.80. The van der Waals surface area contributed by atoms with Crippen molar-refractivity contribution in [2.45, 2.75) is 71.4 Å². The lowest BCUT2D eigenvalue weighted by atomic mass is 9.83. The summed E-state index contributed by atoms with van der Waals surface area (Å²) >= 11 is 0. The molecule has 1 aromatic rings. The van der Waals surface area contributed by atoms with Crippen LogP contribution in [0.15, 0.2) is 30.3 Å². The molecular weight excluding hydrogens is 440 g/mol. The normalized spacial score (nSPS) is 25.4. The number of likely N-dealkylation sites (N-methyl/N-ethyl adjacent to an activating group) is 1. The van der Waals surface area contributed by atoms with Gasteiger partial charge in [-0.15, -0.1) is 0 Å². The molecule has 3 fully saturated rings. The summed E-state index contributed by atoms with van der Waals surface area (Å²) in [6.45, 7) is 14.3. The average molecular weight is 483 g/mol. The van der Waals surface area contributed by atoms with E-state index < -0.39 is 5.54 Å². The Bertz CT molecular complexity index is 947. The predicted molar refractivity (Wildman–Crippen MR) is 137 cm³/mol. The maximum absolute atomic E-state index is 13.1. The zero-order valence-electron chi connectivity index (χ0n) is 22.3. The van der Waals surface area contributed by atoms with Crippen molar-refractivity contribution in [3.63, 3.8) is 0 Å². The fraction of sp³-hybridized carbons (Fsp3) is 0.679. The topological polar surface area (TPSA) is 64.2 Å². The molecule has 1 aromatic carbocycles. The van der Waals surface area contributed by atoms with Gasteiger partial charge in [-0.25, -0.2) is 4.79 Å². The largest absolute Gasteiger partial charge is 0.342 e.